The van der Waals surface area contributed by atoms with Gasteiger partial charge in [-0.2, -0.15) is 0 Å². The lowest BCUT2D eigenvalue weighted by Crippen LogP contribution is -2.23. The molecule has 1 aromatic rings. The van der Waals surface area contributed by atoms with Gasteiger partial charge >= 0.3 is 0 Å². The minimum absolute atomic E-state index is 0.273. The average Bonchev–Trinajstić information content (AvgIpc) is 2.35. The van der Waals surface area contributed by atoms with Crippen molar-refractivity contribution >= 4 is 21.8 Å². The second kappa shape index (κ2) is 8.80. The summed E-state index contributed by atoms with van der Waals surface area (Å²) in [4.78, 5) is 13.3. The second-order valence-corrected chi connectivity index (χ2v) is 3.76. The van der Waals surface area contributed by atoms with Crippen LogP contribution in [0.2, 0.25) is 0 Å². The van der Waals surface area contributed by atoms with Crippen molar-refractivity contribution in [3.63, 3.8) is 0 Å². The summed E-state index contributed by atoms with van der Waals surface area (Å²) < 4.78 is 5.46. The number of hydrogen-bond acceptors (Lipinski definition) is 2. The molecule has 4 heteroatoms. The van der Waals surface area contributed by atoms with E-state index in [1.165, 1.54) is 0 Å². The highest BCUT2D eigenvalue weighted by Crippen LogP contribution is 2.00. The van der Waals surface area contributed by atoms with Gasteiger partial charge in [-0.1, -0.05) is 30.3 Å². The van der Waals surface area contributed by atoms with Crippen molar-refractivity contribution < 1.29 is 9.53 Å². The highest BCUT2D eigenvalue weighted by molar-refractivity contribution is 9.12. The normalized spacial score (nSPS) is 9.24. The topological polar surface area (TPSA) is 38.3 Å². The molecule has 90 valence electrons. The van der Waals surface area contributed by atoms with E-state index in [4.69, 9.17) is 4.74 Å². The Morgan fingerprint density at radius 1 is 1.35 bits per heavy atom. The third-order valence-corrected chi connectivity index (χ3v) is 2.22. The maximum atomic E-state index is 10.9. The largest absolute Gasteiger partial charge is 0.377 e. The van der Waals surface area contributed by atoms with Crippen LogP contribution < -0.4 is 5.32 Å². The average molecular weight is 296 g/mol. The van der Waals surface area contributed by atoms with E-state index < -0.39 is 0 Å². The van der Waals surface area contributed by atoms with Crippen LogP contribution in [0, 0.1) is 10.8 Å². The van der Waals surface area contributed by atoms with Crippen molar-refractivity contribution in [1.29, 1.82) is 0 Å². The van der Waals surface area contributed by atoms with Gasteiger partial charge in [-0.3, -0.25) is 4.79 Å². The number of amides is 1. The predicted octanol–water partition coefficient (Wildman–Crippen LogP) is 2.07. The van der Waals surface area contributed by atoms with Crippen molar-refractivity contribution in [3.05, 3.63) is 35.9 Å². The molecule has 0 radical (unpaired) electrons. The van der Waals surface area contributed by atoms with Gasteiger partial charge in [-0.25, -0.2) is 0 Å². The third kappa shape index (κ3) is 6.77. The van der Waals surface area contributed by atoms with Crippen molar-refractivity contribution in [2.45, 2.75) is 13.0 Å². The van der Waals surface area contributed by atoms with Gasteiger partial charge in [0.15, 0.2) is 0 Å². The summed E-state index contributed by atoms with van der Waals surface area (Å²) in [6, 6.07) is 9.99. The Balaban J connectivity index is 2.01. The molecule has 0 aliphatic rings. The minimum Gasteiger partial charge on any atom is -0.377 e. The van der Waals surface area contributed by atoms with E-state index in [1.807, 2.05) is 30.3 Å². The molecule has 0 aliphatic heterocycles. The highest BCUT2D eigenvalue weighted by Gasteiger charge is 1.95. The molecule has 0 bridgehead atoms. The maximum absolute atomic E-state index is 10.9. The molecule has 0 heterocycles. The zero-order valence-electron chi connectivity index (χ0n) is 9.41. The van der Waals surface area contributed by atoms with Crippen molar-refractivity contribution in [2.75, 3.05) is 13.2 Å². The molecule has 0 aliphatic carbocycles. The van der Waals surface area contributed by atoms with Crippen LogP contribution in [0.15, 0.2) is 30.3 Å². The van der Waals surface area contributed by atoms with Crippen molar-refractivity contribution in [1.82, 2.24) is 5.32 Å². The van der Waals surface area contributed by atoms with Crippen molar-refractivity contribution in [3.8, 4) is 10.8 Å². The fourth-order valence-electron chi connectivity index (χ4n) is 1.23. The van der Waals surface area contributed by atoms with E-state index in [-0.39, 0.29) is 5.91 Å². The number of benzene rings is 1. The van der Waals surface area contributed by atoms with Gasteiger partial charge in [0.2, 0.25) is 0 Å². The number of ether oxygens (including phenoxy) is 1. The summed E-state index contributed by atoms with van der Waals surface area (Å²) in [7, 11) is 0. The van der Waals surface area contributed by atoms with Crippen LogP contribution in [0.1, 0.15) is 12.0 Å². The first-order valence-corrected chi connectivity index (χ1v) is 6.13. The van der Waals surface area contributed by atoms with Gasteiger partial charge in [-0.05, 0) is 16.8 Å². The fourth-order valence-corrected chi connectivity index (χ4v) is 1.41. The molecule has 0 fully saturated rings. The van der Waals surface area contributed by atoms with Crippen LogP contribution in [-0.2, 0) is 16.1 Å². The molecule has 0 atom stereocenters. The van der Waals surface area contributed by atoms with Crippen LogP contribution in [0.5, 0.6) is 0 Å². The minimum atomic E-state index is -0.273. The number of carbonyl (C=O) groups excluding carboxylic acids is 1. The van der Waals surface area contributed by atoms with Gasteiger partial charge in [0.1, 0.15) is 0 Å². The molecule has 0 unspecified atom stereocenters. The Labute approximate surface area is 110 Å². The fraction of sp³-hybridized carbons (Fsp3) is 0.308. The first-order valence-electron chi connectivity index (χ1n) is 5.34. The van der Waals surface area contributed by atoms with Gasteiger partial charge < -0.3 is 10.1 Å². The molecular formula is C13H14BrNO2. The standard InChI is InChI=1S/C13H14BrNO2/c14-8-7-13(16)15-9-4-10-17-11-12-5-2-1-3-6-12/h1-3,5-6H,4,9-11H2,(H,15,16). The zero-order chi connectivity index (χ0) is 12.3. The maximum Gasteiger partial charge on any atom is 0.296 e. The van der Waals surface area contributed by atoms with Crippen molar-refractivity contribution in [2.24, 2.45) is 0 Å². The second-order valence-electron chi connectivity index (χ2n) is 3.37. The van der Waals surface area contributed by atoms with Gasteiger partial charge in [0.05, 0.1) is 6.61 Å². The summed E-state index contributed by atoms with van der Waals surface area (Å²) >= 11 is 2.86. The monoisotopic (exact) mass is 295 g/mol. The SMILES string of the molecule is O=C(C#CBr)NCCCOCc1ccccc1. The van der Waals surface area contributed by atoms with Gasteiger partial charge in [0, 0.05) is 35.0 Å². The lowest BCUT2D eigenvalue weighted by atomic mass is 10.2. The molecule has 0 spiro atoms. The van der Waals surface area contributed by atoms with E-state index in [1.54, 1.807) is 0 Å². The molecule has 17 heavy (non-hydrogen) atoms. The molecular weight excluding hydrogens is 282 g/mol. The first kappa shape index (κ1) is 13.8. The van der Waals surface area contributed by atoms with Crippen LogP contribution in [0.3, 0.4) is 0 Å². The Morgan fingerprint density at radius 3 is 2.82 bits per heavy atom. The lowest BCUT2D eigenvalue weighted by molar-refractivity contribution is -0.115. The first-order chi connectivity index (χ1) is 8.33. The van der Waals surface area contributed by atoms with E-state index in [9.17, 15) is 4.79 Å². The molecule has 0 saturated carbocycles. The Kier molecular flexibility index (Phi) is 7.12. The molecule has 1 amide bonds. The summed E-state index contributed by atoms with van der Waals surface area (Å²) in [5.74, 6) is 2.06. The number of rotatable bonds is 6. The van der Waals surface area contributed by atoms with E-state index >= 15 is 0 Å². The quantitative estimate of drug-likeness (QED) is 0.644. The van der Waals surface area contributed by atoms with Gasteiger partial charge in [-0.15, -0.1) is 0 Å². The number of nitrogens with one attached hydrogen (secondary N) is 1. The smallest absolute Gasteiger partial charge is 0.296 e. The van der Waals surface area contributed by atoms with E-state index in [2.05, 4.69) is 32.0 Å². The summed E-state index contributed by atoms with van der Waals surface area (Å²) in [6.07, 6.45) is 0.780. The van der Waals surface area contributed by atoms with Crippen LogP contribution in [-0.4, -0.2) is 19.1 Å². The highest BCUT2D eigenvalue weighted by atomic mass is 79.9. The molecule has 0 aromatic heterocycles. The number of hydrogen-bond donors (Lipinski definition) is 1. The lowest BCUT2D eigenvalue weighted by Gasteiger charge is -2.04. The number of halogens is 1. The van der Waals surface area contributed by atoms with Crippen LogP contribution >= 0.6 is 15.9 Å². The molecule has 1 N–H and O–H groups in total. The molecule has 3 nitrogen and oxygen atoms in total. The summed E-state index contributed by atoms with van der Waals surface area (Å²) in [5, 5.41) is 2.66. The van der Waals surface area contributed by atoms with Crippen LogP contribution in [0.4, 0.5) is 0 Å². The summed E-state index contributed by atoms with van der Waals surface area (Å²) in [6.45, 7) is 1.81. The van der Waals surface area contributed by atoms with E-state index in [0.29, 0.717) is 19.8 Å². The Morgan fingerprint density at radius 2 is 2.12 bits per heavy atom. The van der Waals surface area contributed by atoms with Gasteiger partial charge in [0.25, 0.3) is 5.91 Å². The Bertz CT molecular complexity index is 395. The Hall–Kier alpha value is -1.31. The van der Waals surface area contributed by atoms with Crippen LogP contribution in [0.25, 0.3) is 0 Å². The molecule has 0 saturated heterocycles. The zero-order valence-corrected chi connectivity index (χ0v) is 11.0. The number of carbonyl (C=O) groups is 1. The molecule has 1 aromatic carbocycles. The summed E-state index contributed by atoms with van der Waals surface area (Å²) in [5.41, 5.74) is 1.15. The predicted molar refractivity (Wildman–Crippen MR) is 70.4 cm³/mol. The third-order valence-electron chi connectivity index (χ3n) is 2.02. The molecule has 1 rings (SSSR count). The van der Waals surface area contributed by atoms with E-state index in [0.717, 1.165) is 12.0 Å².